The van der Waals surface area contributed by atoms with Gasteiger partial charge in [-0.15, -0.1) is 0 Å². The Morgan fingerprint density at radius 3 is 1.46 bits per heavy atom. The van der Waals surface area contributed by atoms with E-state index in [4.69, 9.17) is 14.0 Å². The number of hydrogen-bond acceptors (Lipinski definition) is 7. The van der Waals surface area contributed by atoms with Gasteiger partial charge in [-0.2, -0.15) is 0 Å². The van der Waals surface area contributed by atoms with Gasteiger partial charge in [-0.05, 0) is 64.2 Å². The number of hydrogen-bond donors (Lipinski definition) is 1. The second-order valence-corrected chi connectivity index (χ2v) is 13.9. The summed E-state index contributed by atoms with van der Waals surface area (Å²) in [5.41, 5.74) is 0. The Labute approximate surface area is 282 Å². The number of rotatable bonds is 34. The lowest BCUT2D eigenvalue weighted by Gasteiger charge is -2.19. The van der Waals surface area contributed by atoms with Crippen molar-refractivity contribution >= 4 is 19.8 Å². The van der Waals surface area contributed by atoms with Crippen molar-refractivity contribution in [2.45, 2.75) is 180 Å². The molecule has 2 atom stereocenters. The Kier molecular flexibility index (Phi) is 32.4. The standard InChI is InChI=1S/C37H69O8P/c1-4-6-8-10-12-14-16-18-19-20-22-24-26-28-30-32-37(39)45-35(34-44-46(40,41)42-3)33-43-36(38)31-29-27-25-23-21-17-15-13-11-9-7-5-2/h13,15,18-19,35H,4-12,14,16-17,20-34H2,1-3H3,(H,40,41)/b15-13-,19-18-. The molecule has 0 amide bonds. The molecule has 0 spiro atoms. The fraction of sp³-hybridized carbons (Fsp3) is 0.838. The summed E-state index contributed by atoms with van der Waals surface area (Å²) in [6.45, 7) is 3.83. The van der Waals surface area contributed by atoms with Crippen LogP contribution in [0.1, 0.15) is 174 Å². The number of carbonyl (C=O) groups excluding carboxylic acids is 2. The van der Waals surface area contributed by atoms with Crippen LogP contribution >= 0.6 is 7.82 Å². The van der Waals surface area contributed by atoms with Crippen molar-refractivity contribution < 1.29 is 37.6 Å². The van der Waals surface area contributed by atoms with Gasteiger partial charge >= 0.3 is 19.8 Å². The van der Waals surface area contributed by atoms with Crippen LogP contribution in [0.5, 0.6) is 0 Å². The molecule has 0 aromatic heterocycles. The fourth-order valence-corrected chi connectivity index (χ4v) is 5.46. The highest BCUT2D eigenvalue weighted by Gasteiger charge is 2.24. The van der Waals surface area contributed by atoms with Crippen molar-refractivity contribution in [3.8, 4) is 0 Å². The lowest BCUT2D eigenvalue weighted by molar-refractivity contribution is -0.161. The topological polar surface area (TPSA) is 108 Å². The molecule has 46 heavy (non-hydrogen) atoms. The van der Waals surface area contributed by atoms with E-state index in [2.05, 4.69) is 42.7 Å². The van der Waals surface area contributed by atoms with Gasteiger partial charge in [-0.3, -0.25) is 18.6 Å². The number of phosphoric ester groups is 1. The molecule has 0 saturated heterocycles. The van der Waals surface area contributed by atoms with Crippen molar-refractivity contribution in [1.29, 1.82) is 0 Å². The van der Waals surface area contributed by atoms with E-state index in [0.717, 1.165) is 77.7 Å². The third kappa shape index (κ3) is 32.5. The highest BCUT2D eigenvalue weighted by atomic mass is 31.2. The minimum absolute atomic E-state index is 0.231. The minimum atomic E-state index is -4.26. The van der Waals surface area contributed by atoms with E-state index in [-0.39, 0.29) is 25.4 Å². The Morgan fingerprint density at radius 1 is 0.587 bits per heavy atom. The maximum Gasteiger partial charge on any atom is 0.472 e. The summed E-state index contributed by atoms with van der Waals surface area (Å²) in [5, 5.41) is 0. The molecule has 0 aliphatic carbocycles. The summed E-state index contributed by atoms with van der Waals surface area (Å²) in [7, 11) is -3.20. The predicted octanol–water partition coefficient (Wildman–Crippen LogP) is 11.1. The van der Waals surface area contributed by atoms with Crippen molar-refractivity contribution in [3.05, 3.63) is 24.3 Å². The molecule has 1 N–H and O–H groups in total. The van der Waals surface area contributed by atoms with Crippen LogP contribution in [0.2, 0.25) is 0 Å². The van der Waals surface area contributed by atoms with Gasteiger partial charge in [0.15, 0.2) is 6.10 Å². The van der Waals surface area contributed by atoms with Crippen molar-refractivity contribution in [2.24, 2.45) is 0 Å². The molecule has 0 aromatic rings. The Bertz CT molecular complexity index is 813. The molecule has 8 nitrogen and oxygen atoms in total. The maximum absolute atomic E-state index is 12.4. The smallest absolute Gasteiger partial charge is 0.462 e. The third-order valence-corrected chi connectivity index (χ3v) is 8.85. The number of allylic oxidation sites excluding steroid dienone is 4. The first-order valence-electron chi connectivity index (χ1n) is 18.5. The SMILES string of the molecule is CCCCC/C=C\CCCCCCCC(=O)OCC(COP(=O)(O)OC)OC(=O)CCCCCCC/C=C\CCCCCCCC. The number of carbonyl (C=O) groups is 2. The molecule has 0 fully saturated rings. The van der Waals surface area contributed by atoms with E-state index < -0.39 is 26.5 Å². The second kappa shape index (κ2) is 33.4. The summed E-state index contributed by atoms with van der Waals surface area (Å²) in [4.78, 5) is 34.3. The largest absolute Gasteiger partial charge is 0.472 e. The molecule has 2 unspecified atom stereocenters. The summed E-state index contributed by atoms with van der Waals surface area (Å²) < 4.78 is 31.8. The molecule has 0 aliphatic rings. The van der Waals surface area contributed by atoms with Crippen LogP contribution < -0.4 is 0 Å². The number of ether oxygens (including phenoxy) is 2. The molecule has 0 heterocycles. The van der Waals surface area contributed by atoms with E-state index in [1.54, 1.807) is 0 Å². The molecule has 0 rings (SSSR count). The average molecular weight is 673 g/mol. The van der Waals surface area contributed by atoms with Gasteiger partial charge in [-0.25, -0.2) is 4.57 Å². The first-order chi connectivity index (χ1) is 22.3. The fourth-order valence-electron chi connectivity index (χ4n) is 5.00. The van der Waals surface area contributed by atoms with Gasteiger partial charge in [0.05, 0.1) is 6.61 Å². The van der Waals surface area contributed by atoms with E-state index in [0.29, 0.717) is 6.42 Å². The molecule has 0 aliphatic heterocycles. The van der Waals surface area contributed by atoms with Gasteiger partial charge < -0.3 is 14.4 Å². The monoisotopic (exact) mass is 672 g/mol. The van der Waals surface area contributed by atoms with Crippen molar-refractivity contribution in [3.63, 3.8) is 0 Å². The van der Waals surface area contributed by atoms with Crippen molar-refractivity contribution in [2.75, 3.05) is 20.3 Å². The Morgan fingerprint density at radius 2 is 0.978 bits per heavy atom. The summed E-state index contributed by atoms with van der Waals surface area (Å²) in [5.74, 6) is -0.824. The van der Waals surface area contributed by atoms with E-state index in [9.17, 15) is 19.0 Å². The van der Waals surface area contributed by atoms with Crippen LogP contribution in [0.25, 0.3) is 0 Å². The van der Waals surface area contributed by atoms with E-state index in [1.807, 2.05) is 0 Å². The van der Waals surface area contributed by atoms with Gasteiger partial charge in [0, 0.05) is 20.0 Å². The summed E-state index contributed by atoms with van der Waals surface area (Å²) in [6, 6.07) is 0. The summed E-state index contributed by atoms with van der Waals surface area (Å²) in [6.07, 6.45) is 35.1. The van der Waals surface area contributed by atoms with E-state index in [1.165, 1.54) is 70.6 Å². The molecule has 0 saturated carbocycles. The third-order valence-electron chi connectivity index (χ3n) is 7.92. The number of esters is 2. The Hall–Kier alpha value is -1.47. The molecule has 0 aromatic carbocycles. The van der Waals surface area contributed by atoms with Crippen LogP contribution in [-0.4, -0.2) is 43.3 Å². The zero-order chi connectivity index (χ0) is 34.0. The van der Waals surface area contributed by atoms with Gasteiger partial charge in [0.1, 0.15) is 6.61 Å². The zero-order valence-electron chi connectivity index (χ0n) is 29.7. The van der Waals surface area contributed by atoms with Gasteiger partial charge in [0.25, 0.3) is 0 Å². The first kappa shape index (κ1) is 44.5. The van der Waals surface area contributed by atoms with E-state index >= 15 is 0 Å². The minimum Gasteiger partial charge on any atom is -0.462 e. The number of unbranched alkanes of at least 4 members (excludes halogenated alkanes) is 19. The molecule has 270 valence electrons. The lowest BCUT2D eigenvalue weighted by atomic mass is 10.1. The highest BCUT2D eigenvalue weighted by molar-refractivity contribution is 7.47. The van der Waals surface area contributed by atoms with Gasteiger partial charge in [0.2, 0.25) is 0 Å². The second-order valence-electron chi connectivity index (χ2n) is 12.3. The van der Waals surface area contributed by atoms with Crippen LogP contribution in [-0.2, 0) is 32.7 Å². The van der Waals surface area contributed by atoms with Gasteiger partial charge in [-0.1, -0.05) is 122 Å². The highest BCUT2D eigenvalue weighted by Crippen LogP contribution is 2.42. The van der Waals surface area contributed by atoms with Crippen LogP contribution in [0.15, 0.2) is 24.3 Å². The molecule has 9 heteroatoms. The number of phosphoric acid groups is 1. The van der Waals surface area contributed by atoms with Crippen LogP contribution in [0, 0.1) is 0 Å². The molecular weight excluding hydrogens is 603 g/mol. The quantitative estimate of drug-likeness (QED) is 0.0311. The summed E-state index contributed by atoms with van der Waals surface area (Å²) >= 11 is 0. The normalized spacial score (nSPS) is 13.7. The first-order valence-corrected chi connectivity index (χ1v) is 20.0. The Balaban J connectivity index is 4.09. The van der Waals surface area contributed by atoms with Crippen LogP contribution in [0.3, 0.4) is 0 Å². The van der Waals surface area contributed by atoms with Crippen LogP contribution in [0.4, 0.5) is 0 Å². The maximum atomic E-state index is 12.4. The average Bonchev–Trinajstić information content (AvgIpc) is 3.04. The molecule has 0 radical (unpaired) electrons. The molecule has 0 bridgehead atoms. The molecular formula is C37H69O8P. The van der Waals surface area contributed by atoms with Crippen molar-refractivity contribution in [1.82, 2.24) is 0 Å². The lowest BCUT2D eigenvalue weighted by Crippen LogP contribution is -2.29. The predicted molar refractivity (Wildman–Crippen MR) is 189 cm³/mol. The zero-order valence-corrected chi connectivity index (χ0v) is 30.6.